The minimum atomic E-state index is -1.11. The summed E-state index contributed by atoms with van der Waals surface area (Å²) in [5, 5.41) is 0. The number of anilines is 1. The number of amides is 1. The fourth-order valence-corrected chi connectivity index (χ4v) is 3.59. The van der Waals surface area contributed by atoms with Gasteiger partial charge >= 0.3 is 5.97 Å². The third-order valence-corrected chi connectivity index (χ3v) is 5.96. The Bertz CT molecular complexity index is 692. The molecule has 1 aromatic rings. The standard InChI is InChI=1S/C17H19Cl2FN2O3/c1-16(11-17(16,18)19)15(24)25-10-14(23)22-8-6-21(7-9-22)13-5-3-2-4-12(13)20/h2-5H,6-11H2,1H3. The van der Waals surface area contributed by atoms with E-state index in [1.54, 1.807) is 30.0 Å². The molecule has 1 aliphatic heterocycles. The molecule has 3 rings (SSSR count). The van der Waals surface area contributed by atoms with E-state index in [1.165, 1.54) is 6.07 Å². The van der Waals surface area contributed by atoms with Crippen LogP contribution in [0.3, 0.4) is 0 Å². The van der Waals surface area contributed by atoms with Gasteiger partial charge in [-0.2, -0.15) is 0 Å². The summed E-state index contributed by atoms with van der Waals surface area (Å²) in [5.41, 5.74) is -0.414. The number of hydrogen-bond acceptors (Lipinski definition) is 4. The number of para-hydroxylation sites is 1. The molecule has 136 valence electrons. The van der Waals surface area contributed by atoms with E-state index in [2.05, 4.69) is 0 Å². The van der Waals surface area contributed by atoms with Gasteiger partial charge in [0.25, 0.3) is 5.91 Å². The van der Waals surface area contributed by atoms with Crippen LogP contribution in [-0.2, 0) is 14.3 Å². The van der Waals surface area contributed by atoms with E-state index in [0.29, 0.717) is 38.3 Å². The SMILES string of the molecule is CC1(C(=O)OCC(=O)N2CCN(c3ccccc3F)CC2)CC1(Cl)Cl. The summed E-state index contributed by atoms with van der Waals surface area (Å²) >= 11 is 11.9. The highest BCUT2D eigenvalue weighted by Crippen LogP contribution is 2.64. The van der Waals surface area contributed by atoms with Crippen molar-refractivity contribution in [3.05, 3.63) is 30.1 Å². The highest BCUT2D eigenvalue weighted by atomic mass is 35.5. The average Bonchev–Trinajstić information content (AvgIpc) is 3.12. The van der Waals surface area contributed by atoms with E-state index < -0.39 is 15.7 Å². The molecule has 8 heteroatoms. The van der Waals surface area contributed by atoms with Gasteiger partial charge in [-0.15, -0.1) is 23.2 Å². The van der Waals surface area contributed by atoms with E-state index in [9.17, 15) is 14.0 Å². The second kappa shape index (κ2) is 6.65. The van der Waals surface area contributed by atoms with Crippen LogP contribution in [0.5, 0.6) is 0 Å². The van der Waals surface area contributed by atoms with Crippen molar-refractivity contribution in [2.45, 2.75) is 17.7 Å². The highest BCUT2D eigenvalue weighted by Gasteiger charge is 2.69. The number of ether oxygens (including phenoxy) is 1. The van der Waals surface area contributed by atoms with Crippen molar-refractivity contribution >= 4 is 40.8 Å². The van der Waals surface area contributed by atoms with E-state index in [1.807, 2.05) is 4.90 Å². The summed E-state index contributed by atoms with van der Waals surface area (Å²) < 4.78 is 17.8. The Kier molecular flexibility index (Phi) is 4.86. The van der Waals surface area contributed by atoms with Crippen LogP contribution in [0.4, 0.5) is 10.1 Å². The Labute approximate surface area is 155 Å². The van der Waals surface area contributed by atoms with Crippen molar-refractivity contribution in [2.75, 3.05) is 37.7 Å². The van der Waals surface area contributed by atoms with Crippen molar-refractivity contribution in [1.82, 2.24) is 4.90 Å². The predicted octanol–water partition coefficient (Wildman–Crippen LogP) is 2.60. The van der Waals surface area contributed by atoms with Crippen LogP contribution in [0, 0.1) is 11.2 Å². The Hall–Kier alpha value is -1.53. The molecule has 0 radical (unpaired) electrons. The topological polar surface area (TPSA) is 49.9 Å². The molecule has 0 aromatic heterocycles. The number of rotatable bonds is 4. The van der Waals surface area contributed by atoms with E-state index in [-0.39, 0.29) is 18.3 Å². The van der Waals surface area contributed by atoms with Gasteiger partial charge in [-0.1, -0.05) is 12.1 Å². The van der Waals surface area contributed by atoms with Crippen LogP contribution in [0.15, 0.2) is 24.3 Å². The Morgan fingerprint density at radius 2 is 1.80 bits per heavy atom. The molecule has 0 bridgehead atoms. The molecule has 2 fully saturated rings. The van der Waals surface area contributed by atoms with Crippen LogP contribution in [0.1, 0.15) is 13.3 Å². The Morgan fingerprint density at radius 1 is 1.20 bits per heavy atom. The second-order valence-electron chi connectivity index (χ2n) is 6.61. The Balaban J connectivity index is 1.48. The van der Waals surface area contributed by atoms with Crippen LogP contribution >= 0.6 is 23.2 Å². The number of carbonyl (C=O) groups excluding carboxylic acids is 2. The molecular weight excluding hydrogens is 370 g/mol. The van der Waals surface area contributed by atoms with Crippen molar-refractivity contribution in [3.8, 4) is 0 Å². The van der Waals surface area contributed by atoms with Gasteiger partial charge in [0.15, 0.2) is 6.61 Å². The minimum absolute atomic E-state index is 0.277. The number of esters is 1. The molecule has 5 nitrogen and oxygen atoms in total. The fourth-order valence-electron chi connectivity index (χ4n) is 2.90. The summed E-state index contributed by atoms with van der Waals surface area (Å²) in [7, 11) is 0. The van der Waals surface area contributed by atoms with Crippen LogP contribution in [-0.4, -0.2) is 53.9 Å². The molecule has 1 atom stereocenters. The molecule has 2 aliphatic rings. The van der Waals surface area contributed by atoms with Gasteiger partial charge in [0.05, 0.1) is 5.69 Å². The monoisotopic (exact) mass is 388 g/mol. The average molecular weight is 389 g/mol. The molecule has 1 saturated carbocycles. The van der Waals surface area contributed by atoms with Gasteiger partial charge in [-0.3, -0.25) is 9.59 Å². The third-order valence-electron chi connectivity index (χ3n) is 4.86. The predicted molar refractivity (Wildman–Crippen MR) is 93.3 cm³/mol. The van der Waals surface area contributed by atoms with Crippen LogP contribution in [0.2, 0.25) is 0 Å². The van der Waals surface area contributed by atoms with Crippen LogP contribution < -0.4 is 4.90 Å². The smallest absolute Gasteiger partial charge is 0.315 e. The van der Waals surface area contributed by atoms with Gasteiger partial charge in [0, 0.05) is 32.6 Å². The molecule has 1 heterocycles. The maximum Gasteiger partial charge on any atom is 0.315 e. The Morgan fingerprint density at radius 3 is 2.36 bits per heavy atom. The summed E-state index contributed by atoms with van der Waals surface area (Å²) in [6.07, 6.45) is 0.317. The van der Waals surface area contributed by atoms with E-state index in [4.69, 9.17) is 27.9 Å². The number of piperazine rings is 1. The lowest BCUT2D eigenvalue weighted by Gasteiger charge is -2.36. The molecule has 25 heavy (non-hydrogen) atoms. The molecule has 1 aliphatic carbocycles. The normalized spacial score (nSPS) is 24.8. The summed E-state index contributed by atoms with van der Waals surface area (Å²) in [6, 6.07) is 6.55. The lowest BCUT2D eigenvalue weighted by atomic mass is 10.1. The second-order valence-corrected chi connectivity index (χ2v) is 8.09. The van der Waals surface area contributed by atoms with Gasteiger partial charge in [-0.25, -0.2) is 4.39 Å². The largest absolute Gasteiger partial charge is 0.455 e. The number of nitrogens with zero attached hydrogens (tertiary/aromatic N) is 2. The molecule has 0 N–H and O–H groups in total. The first kappa shape index (κ1) is 18.3. The zero-order chi connectivity index (χ0) is 18.2. The van der Waals surface area contributed by atoms with Crippen molar-refractivity contribution in [1.29, 1.82) is 0 Å². The summed E-state index contributed by atoms with van der Waals surface area (Å²) in [5.74, 6) is -1.11. The number of benzene rings is 1. The number of alkyl halides is 2. The van der Waals surface area contributed by atoms with Gasteiger partial charge < -0.3 is 14.5 Å². The maximum atomic E-state index is 13.8. The molecular formula is C17H19Cl2FN2O3. The first-order chi connectivity index (χ1) is 11.7. The van der Waals surface area contributed by atoms with Crippen molar-refractivity contribution in [3.63, 3.8) is 0 Å². The zero-order valence-corrected chi connectivity index (χ0v) is 15.3. The molecule has 1 amide bonds. The first-order valence-corrected chi connectivity index (χ1v) is 8.82. The van der Waals surface area contributed by atoms with Crippen molar-refractivity contribution < 1.29 is 18.7 Å². The summed E-state index contributed by atoms with van der Waals surface area (Å²) in [4.78, 5) is 27.7. The number of carbonyl (C=O) groups is 2. The molecule has 1 aromatic carbocycles. The minimum Gasteiger partial charge on any atom is -0.455 e. The lowest BCUT2D eigenvalue weighted by Crippen LogP contribution is -2.50. The van der Waals surface area contributed by atoms with Crippen molar-refractivity contribution in [2.24, 2.45) is 5.41 Å². The molecule has 0 spiro atoms. The quantitative estimate of drug-likeness (QED) is 0.587. The molecule has 1 unspecified atom stereocenters. The first-order valence-electron chi connectivity index (χ1n) is 8.07. The maximum absolute atomic E-state index is 13.8. The van der Waals surface area contributed by atoms with Gasteiger partial charge in [-0.05, 0) is 19.1 Å². The van der Waals surface area contributed by atoms with E-state index >= 15 is 0 Å². The highest BCUT2D eigenvalue weighted by molar-refractivity contribution is 6.53. The zero-order valence-electron chi connectivity index (χ0n) is 13.8. The molecule has 1 saturated heterocycles. The third kappa shape index (κ3) is 3.55. The lowest BCUT2D eigenvalue weighted by molar-refractivity contribution is -0.156. The number of hydrogen-bond donors (Lipinski definition) is 0. The van der Waals surface area contributed by atoms with E-state index in [0.717, 1.165) is 0 Å². The van der Waals surface area contributed by atoms with Gasteiger partial charge in [0.2, 0.25) is 0 Å². The van der Waals surface area contributed by atoms with Crippen LogP contribution in [0.25, 0.3) is 0 Å². The summed E-state index contributed by atoms with van der Waals surface area (Å²) in [6.45, 7) is 3.20. The number of halogens is 3. The van der Waals surface area contributed by atoms with Gasteiger partial charge in [0.1, 0.15) is 15.6 Å². The fraction of sp³-hybridized carbons (Fsp3) is 0.529.